The monoisotopic (exact) mass is 813 g/mol. The van der Waals surface area contributed by atoms with Crippen LogP contribution in [-0.4, -0.2) is 51.7 Å². The number of para-hydroxylation sites is 1. The van der Waals surface area contributed by atoms with Crippen LogP contribution in [0.15, 0.2) is 130 Å². The highest BCUT2D eigenvalue weighted by Crippen LogP contribution is 2.30. The summed E-state index contributed by atoms with van der Waals surface area (Å²) in [6.45, 7) is 9.62. The van der Waals surface area contributed by atoms with Crippen LogP contribution in [0.3, 0.4) is 0 Å². The average Bonchev–Trinajstić information content (AvgIpc) is 3.22. The van der Waals surface area contributed by atoms with Crippen molar-refractivity contribution in [2.24, 2.45) is 0 Å². The van der Waals surface area contributed by atoms with Gasteiger partial charge in [0.25, 0.3) is 0 Å². The second kappa shape index (κ2) is 18.1. The van der Waals surface area contributed by atoms with Crippen LogP contribution in [0.25, 0.3) is 22.0 Å². The van der Waals surface area contributed by atoms with Gasteiger partial charge in [0.1, 0.15) is 12.2 Å². The number of ketones is 1. The maximum atomic E-state index is 14.9. The molecule has 1 atom stereocenters. The number of pyridine rings is 1. The fourth-order valence-corrected chi connectivity index (χ4v) is 9.55. The van der Waals surface area contributed by atoms with E-state index in [1.54, 1.807) is 31.7 Å². The largest absolute Gasteiger partial charge is 0.334 e. The Hall–Kier alpha value is -4.62. The van der Waals surface area contributed by atoms with Gasteiger partial charge in [0.05, 0.1) is 17.1 Å². The molecular formula is C49H53FN3O3PS. The topological polar surface area (TPSA) is 62.6 Å². The quantitative estimate of drug-likeness (QED) is 0.0876. The second-order valence-electron chi connectivity index (χ2n) is 16.3. The Balaban J connectivity index is 1.15. The standard InChI is InChI=1S/C49H53FN3O3PS/c1-33-9-7-11-38(27-33)45(55)30-51-25-23-41(24-26-51)52(29-35-15-17-36(18-16-35)37-19-21-40(22-20-37)49(3,4)50)46(56)31-53-43-14-6-5-13-42(43)44(54)28-47(53)58-32-39-12-8-10-34(2)48(39)57/h5-6,8,10-22,27-28,41H,7,9,23-26,29-32,57H2,1-4H3. The molecule has 1 unspecified atom stereocenters. The summed E-state index contributed by atoms with van der Waals surface area (Å²) in [4.78, 5) is 45.8. The number of allylic oxidation sites excluding steroid dienone is 3. The number of fused-ring (bicyclic) bond motifs is 1. The summed E-state index contributed by atoms with van der Waals surface area (Å²) in [6, 6.07) is 31.3. The minimum absolute atomic E-state index is 0.0195. The van der Waals surface area contributed by atoms with E-state index in [2.05, 4.69) is 76.5 Å². The van der Waals surface area contributed by atoms with Gasteiger partial charge in [0.2, 0.25) is 5.91 Å². The zero-order chi connectivity index (χ0) is 41.0. The first-order valence-corrected chi connectivity index (χ1v) is 21.8. The number of carbonyl (C=O) groups excluding carboxylic acids is 2. The number of alkyl halides is 1. The Kier molecular flexibility index (Phi) is 13.0. The third-order valence-electron chi connectivity index (χ3n) is 11.6. The summed E-state index contributed by atoms with van der Waals surface area (Å²) in [5.41, 5.74) is 7.33. The molecule has 300 valence electrons. The number of amides is 1. The number of rotatable bonds is 13. The number of hydrogen-bond acceptors (Lipinski definition) is 5. The Labute approximate surface area is 348 Å². The van der Waals surface area contributed by atoms with Crippen LogP contribution >= 0.6 is 21.0 Å². The number of carbonyl (C=O) groups is 2. The number of piperidine rings is 1. The molecule has 5 aromatic rings. The molecule has 0 saturated carbocycles. The lowest BCUT2D eigenvalue weighted by Crippen LogP contribution is -2.49. The highest BCUT2D eigenvalue weighted by Gasteiger charge is 2.30. The van der Waals surface area contributed by atoms with Crippen molar-refractivity contribution in [1.29, 1.82) is 0 Å². The van der Waals surface area contributed by atoms with E-state index in [1.165, 1.54) is 11.1 Å². The number of Topliss-reactive ketones (excluding diaryl/α,β-unsaturated/α-hetero) is 1. The number of halogens is 1. The van der Waals surface area contributed by atoms with Crippen LogP contribution in [-0.2, 0) is 34.1 Å². The maximum absolute atomic E-state index is 14.9. The Morgan fingerprint density at radius 3 is 2.28 bits per heavy atom. The van der Waals surface area contributed by atoms with Crippen molar-refractivity contribution in [3.8, 4) is 11.1 Å². The van der Waals surface area contributed by atoms with Crippen molar-refractivity contribution < 1.29 is 14.0 Å². The van der Waals surface area contributed by atoms with E-state index in [0.29, 0.717) is 29.8 Å². The molecule has 1 aromatic heterocycles. The van der Waals surface area contributed by atoms with Crippen LogP contribution in [0.4, 0.5) is 4.39 Å². The highest BCUT2D eigenvalue weighted by molar-refractivity contribution is 7.98. The van der Waals surface area contributed by atoms with E-state index < -0.39 is 5.67 Å². The van der Waals surface area contributed by atoms with Crippen LogP contribution in [0.2, 0.25) is 0 Å². The summed E-state index contributed by atoms with van der Waals surface area (Å²) in [5.74, 6) is 0.789. The third kappa shape index (κ3) is 9.80. The molecule has 0 N–H and O–H groups in total. The zero-order valence-corrected chi connectivity index (χ0v) is 35.9. The minimum Gasteiger partial charge on any atom is -0.334 e. The first-order valence-electron chi connectivity index (χ1n) is 20.2. The molecular weight excluding hydrogens is 761 g/mol. The molecule has 1 amide bonds. The Bertz CT molecular complexity index is 2420. The summed E-state index contributed by atoms with van der Waals surface area (Å²) >= 11 is 1.58. The van der Waals surface area contributed by atoms with Crippen LogP contribution in [0.1, 0.15) is 68.7 Å². The van der Waals surface area contributed by atoms with Crippen molar-refractivity contribution in [2.45, 2.75) is 89.0 Å². The molecule has 1 saturated heterocycles. The fraction of sp³-hybridized carbons (Fsp3) is 0.327. The van der Waals surface area contributed by atoms with E-state index in [9.17, 15) is 18.8 Å². The van der Waals surface area contributed by atoms with Gasteiger partial charge in [-0.1, -0.05) is 96.6 Å². The van der Waals surface area contributed by atoms with Crippen molar-refractivity contribution >= 4 is 48.9 Å². The van der Waals surface area contributed by atoms with Crippen molar-refractivity contribution in [2.75, 3.05) is 19.6 Å². The molecule has 1 aliphatic heterocycles. The molecule has 9 heteroatoms. The molecule has 4 aromatic carbocycles. The van der Waals surface area contributed by atoms with Crippen molar-refractivity contribution in [3.05, 3.63) is 153 Å². The highest BCUT2D eigenvalue weighted by atomic mass is 32.2. The second-order valence-corrected chi connectivity index (χ2v) is 17.8. The Morgan fingerprint density at radius 1 is 0.897 bits per heavy atom. The van der Waals surface area contributed by atoms with E-state index in [0.717, 1.165) is 82.4 Å². The number of hydrogen-bond donors (Lipinski definition) is 0. The molecule has 1 aliphatic carbocycles. The SMILES string of the molecule is CC1=CC(C(=O)CN2CCC(N(Cc3ccc(-c4ccc(C(C)(C)F)cc4)cc3)C(=O)Cn3c(SCc4cccc(C)c4P)cc(=O)c4ccccc43)CC2)=CCC1. The molecule has 0 spiro atoms. The normalized spacial score (nSPS) is 15.3. The lowest BCUT2D eigenvalue weighted by atomic mass is 9.96. The molecule has 58 heavy (non-hydrogen) atoms. The number of aryl methyl sites for hydroxylation is 1. The van der Waals surface area contributed by atoms with Gasteiger partial charge in [-0.15, -0.1) is 21.0 Å². The zero-order valence-electron chi connectivity index (χ0n) is 34.0. The minimum atomic E-state index is -1.41. The van der Waals surface area contributed by atoms with Crippen molar-refractivity contribution in [3.63, 3.8) is 0 Å². The molecule has 6 nitrogen and oxygen atoms in total. The number of thioether (sulfide) groups is 1. The van der Waals surface area contributed by atoms with Gasteiger partial charge < -0.3 is 9.47 Å². The van der Waals surface area contributed by atoms with E-state index in [1.807, 2.05) is 64.1 Å². The number of likely N-dealkylation sites (tertiary alicyclic amines) is 1. The molecule has 2 aliphatic rings. The van der Waals surface area contributed by atoms with Gasteiger partial charge >= 0.3 is 0 Å². The number of benzene rings is 4. The van der Waals surface area contributed by atoms with Gasteiger partial charge in [0.15, 0.2) is 11.2 Å². The summed E-state index contributed by atoms with van der Waals surface area (Å²) < 4.78 is 16.6. The lowest BCUT2D eigenvalue weighted by molar-refractivity contribution is -0.136. The van der Waals surface area contributed by atoms with Gasteiger partial charge in [-0.05, 0) is 104 Å². The fourth-order valence-electron chi connectivity index (χ4n) is 8.04. The summed E-state index contributed by atoms with van der Waals surface area (Å²) in [5, 5.41) is 2.49. The predicted molar refractivity (Wildman–Crippen MR) is 240 cm³/mol. The summed E-state index contributed by atoms with van der Waals surface area (Å²) in [6.07, 6.45) is 7.49. The van der Waals surface area contributed by atoms with Gasteiger partial charge in [-0.25, -0.2) is 4.39 Å². The van der Waals surface area contributed by atoms with Crippen LogP contribution in [0.5, 0.6) is 0 Å². The third-order valence-corrected chi connectivity index (χ3v) is 13.5. The number of aromatic nitrogens is 1. The predicted octanol–water partition coefficient (Wildman–Crippen LogP) is 9.70. The number of nitrogens with zero attached hydrogens (tertiary/aromatic N) is 3. The summed E-state index contributed by atoms with van der Waals surface area (Å²) in [7, 11) is 2.85. The van der Waals surface area contributed by atoms with E-state index in [4.69, 9.17) is 0 Å². The van der Waals surface area contributed by atoms with E-state index >= 15 is 0 Å². The van der Waals surface area contributed by atoms with E-state index in [-0.39, 0.29) is 29.7 Å². The smallest absolute Gasteiger partial charge is 0.243 e. The Morgan fingerprint density at radius 2 is 1.59 bits per heavy atom. The molecule has 0 bridgehead atoms. The van der Waals surface area contributed by atoms with Gasteiger partial charge in [-0.3, -0.25) is 19.3 Å². The maximum Gasteiger partial charge on any atom is 0.243 e. The molecule has 7 rings (SSSR count). The average molecular weight is 814 g/mol. The van der Waals surface area contributed by atoms with Gasteiger partial charge in [-0.2, -0.15) is 0 Å². The molecule has 1 fully saturated rings. The first kappa shape index (κ1) is 41.5. The molecule has 2 heterocycles. The van der Waals surface area contributed by atoms with Crippen LogP contribution < -0.4 is 10.7 Å². The van der Waals surface area contributed by atoms with Crippen molar-refractivity contribution in [1.82, 2.24) is 14.4 Å². The van der Waals surface area contributed by atoms with Crippen LogP contribution in [0, 0.1) is 6.92 Å². The molecule has 0 radical (unpaired) electrons. The first-order chi connectivity index (χ1) is 27.8. The lowest BCUT2D eigenvalue weighted by Gasteiger charge is -2.39. The van der Waals surface area contributed by atoms with Gasteiger partial charge in [0, 0.05) is 48.5 Å².